The lowest BCUT2D eigenvalue weighted by Crippen LogP contribution is -1.87. The summed E-state index contributed by atoms with van der Waals surface area (Å²) in [6, 6.07) is 6.89. The van der Waals surface area contributed by atoms with Gasteiger partial charge in [-0.2, -0.15) is 0 Å². The van der Waals surface area contributed by atoms with Crippen molar-refractivity contribution in [3.8, 4) is 5.75 Å². The van der Waals surface area contributed by atoms with Gasteiger partial charge in [0.15, 0.2) is 0 Å². The van der Waals surface area contributed by atoms with Crippen LogP contribution in [0.2, 0.25) is 0 Å². The molecule has 0 aliphatic rings. The quantitative estimate of drug-likeness (QED) is 0.725. The molecule has 0 atom stereocenters. The van der Waals surface area contributed by atoms with Crippen LogP contribution in [0.15, 0.2) is 29.2 Å². The van der Waals surface area contributed by atoms with Crippen molar-refractivity contribution in [3.63, 3.8) is 0 Å². The zero-order valence-corrected chi connectivity index (χ0v) is 8.98. The molecule has 0 N–H and O–H groups in total. The fourth-order valence-electron chi connectivity index (χ4n) is 0.806. The third-order valence-electron chi connectivity index (χ3n) is 1.31. The van der Waals surface area contributed by atoms with Crippen molar-refractivity contribution in [3.05, 3.63) is 24.3 Å². The standard InChI is InChI=1S/C8H10O3S2/c1-11-7-3-5-8(6-4-7)12-13(2,9)10/h3-6H,1-2H3. The van der Waals surface area contributed by atoms with E-state index in [0.717, 1.165) is 16.5 Å². The SMILES string of the molecule is COc1ccc(SS(C)(=O)=O)cc1. The number of methoxy groups -OCH3 is 1. The minimum atomic E-state index is -3.02. The van der Waals surface area contributed by atoms with Crippen molar-refractivity contribution in [2.45, 2.75) is 4.90 Å². The molecule has 3 nitrogen and oxygen atoms in total. The smallest absolute Gasteiger partial charge is 0.203 e. The molecule has 72 valence electrons. The lowest BCUT2D eigenvalue weighted by atomic mass is 10.3. The molecule has 1 rings (SSSR count). The monoisotopic (exact) mass is 218 g/mol. The second-order valence-corrected chi connectivity index (χ2v) is 6.83. The zero-order valence-electron chi connectivity index (χ0n) is 7.35. The van der Waals surface area contributed by atoms with Gasteiger partial charge in [0.25, 0.3) is 0 Å². The molecule has 5 heteroatoms. The molecule has 0 saturated heterocycles. The summed E-state index contributed by atoms with van der Waals surface area (Å²) < 4.78 is 26.7. The third-order valence-corrected chi connectivity index (χ3v) is 3.56. The van der Waals surface area contributed by atoms with Crippen molar-refractivity contribution >= 4 is 19.7 Å². The fourth-order valence-corrected chi connectivity index (χ4v) is 2.78. The summed E-state index contributed by atoms with van der Waals surface area (Å²) in [7, 11) is -0.616. The molecule has 0 aliphatic carbocycles. The Morgan fingerprint density at radius 1 is 1.23 bits per heavy atom. The number of hydrogen-bond acceptors (Lipinski definition) is 4. The molecular weight excluding hydrogens is 208 g/mol. The summed E-state index contributed by atoms with van der Waals surface area (Å²) in [5.41, 5.74) is 0. The lowest BCUT2D eigenvalue weighted by Gasteiger charge is -2.00. The predicted molar refractivity (Wildman–Crippen MR) is 53.7 cm³/mol. The molecule has 0 amide bonds. The summed E-state index contributed by atoms with van der Waals surface area (Å²) in [4.78, 5) is 0.698. The highest BCUT2D eigenvalue weighted by Crippen LogP contribution is 2.25. The van der Waals surface area contributed by atoms with E-state index in [1.54, 1.807) is 31.4 Å². The Labute approximate surface area is 81.4 Å². The van der Waals surface area contributed by atoms with Crippen molar-refractivity contribution in [2.75, 3.05) is 13.4 Å². The molecule has 1 aromatic carbocycles. The summed E-state index contributed by atoms with van der Waals surface area (Å²) in [6.45, 7) is 0. The van der Waals surface area contributed by atoms with E-state index < -0.39 is 8.87 Å². The van der Waals surface area contributed by atoms with Gasteiger partial charge in [-0.1, -0.05) is 0 Å². The summed E-state index contributed by atoms with van der Waals surface area (Å²) in [5.74, 6) is 0.720. The van der Waals surface area contributed by atoms with Crippen LogP contribution in [0.4, 0.5) is 0 Å². The number of ether oxygens (including phenoxy) is 1. The summed E-state index contributed by atoms with van der Waals surface area (Å²) in [5, 5.41) is 0. The topological polar surface area (TPSA) is 43.4 Å². The minimum Gasteiger partial charge on any atom is -0.497 e. The van der Waals surface area contributed by atoms with E-state index in [9.17, 15) is 8.42 Å². The molecule has 0 radical (unpaired) electrons. The number of benzene rings is 1. The van der Waals surface area contributed by atoms with Crippen LogP contribution in [0.5, 0.6) is 5.75 Å². The first-order valence-corrected chi connectivity index (χ1v) is 6.77. The fraction of sp³-hybridized carbons (Fsp3) is 0.250. The van der Waals surface area contributed by atoms with Crippen LogP contribution in [0.1, 0.15) is 0 Å². The van der Waals surface area contributed by atoms with Crippen molar-refractivity contribution in [1.82, 2.24) is 0 Å². The molecule has 13 heavy (non-hydrogen) atoms. The van der Waals surface area contributed by atoms with Crippen molar-refractivity contribution in [2.24, 2.45) is 0 Å². The van der Waals surface area contributed by atoms with Gasteiger partial charge in [-0.15, -0.1) is 0 Å². The predicted octanol–water partition coefficient (Wildman–Crippen LogP) is 1.75. The average molecular weight is 218 g/mol. The molecule has 0 fully saturated rings. The van der Waals surface area contributed by atoms with Crippen molar-refractivity contribution in [1.29, 1.82) is 0 Å². The highest BCUT2D eigenvalue weighted by atomic mass is 33.1. The van der Waals surface area contributed by atoms with E-state index in [0.29, 0.717) is 4.90 Å². The Bertz CT molecular complexity index is 367. The van der Waals surface area contributed by atoms with Crippen LogP contribution >= 0.6 is 10.8 Å². The van der Waals surface area contributed by atoms with E-state index in [-0.39, 0.29) is 0 Å². The maximum absolute atomic E-state index is 10.9. The zero-order chi connectivity index (χ0) is 9.90. The van der Waals surface area contributed by atoms with Crippen LogP contribution in [-0.4, -0.2) is 21.8 Å². The maximum Gasteiger partial charge on any atom is 0.203 e. The van der Waals surface area contributed by atoms with Gasteiger partial charge in [0.1, 0.15) is 5.75 Å². The van der Waals surface area contributed by atoms with Gasteiger partial charge >= 0.3 is 0 Å². The van der Waals surface area contributed by atoms with E-state index in [4.69, 9.17) is 4.74 Å². The second-order valence-electron chi connectivity index (χ2n) is 2.46. The molecule has 0 heterocycles. The molecule has 0 saturated carbocycles. The van der Waals surface area contributed by atoms with Crippen LogP contribution in [-0.2, 0) is 8.87 Å². The van der Waals surface area contributed by atoms with Crippen molar-refractivity contribution < 1.29 is 13.2 Å². The normalized spacial score (nSPS) is 11.2. The molecule has 0 aromatic heterocycles. The van der Waals surface area contributed by atoms with Gasteiger partial charge < -0.3 is 4.74 Å². The molecular formula is C8H10O3S2. The van der Waals surface area contributed by atoms with Crippen LogP contribution < -0.4 is 4.74 Å². The molecule has 0 spiro atoms. The number of hydrogen-bond donors (Lipinski definition) is 0. The van der Waals surface area contributed by atoms with E-state index in [1.165, 1.54) is 6.26 Å². The van der Waals surface area contributed by atoms with Gasteiger partial charge in [0, 0.05) is 21.9 Å². The van der Waals surface area contributed by atoms with E-state index in [1.807, 2.05) is 0 Å². The first kappa shape index (κ1) is 10.4. The number of rotatable bonds is 3. The van der Waals surface area contributed by atoms with E-state index in [2.05, 4.69) is 0 Å². The van der Waals surface area contributed by atoms with Gasteiger partial charge in [0.2, 0.25) is 8.87 Å². The van der Waals surface area contributed by atoms with Crippen LogP contribution in [0.25, 0.3) is 0 Å². The Morgan fingerprint density at radius 2 is 1.77 bits per heavy atom. The molecule has 0 unspecified atom stereocenters. The Hall–Kier alpha value is -0.680. The summed E-state index contributed by atoms with van der Waals surface area (Å²) >= 11 is 0. The van der Waals surface area contributed by atoms with Gasteiger partial charge in [-0.05, 0) is 24.3 Å². The summed E-state index contributed by atoms with van der Waals surface area (Å²) in [6.07, 6.45) is 1.18. The molecule has 1 aromatic rings. The maximum atomic E-state index is 10.9. The Morgan fingerprint density at radius 3 is 2.15 bits per heavy atom. The first-order chi connectivity index (χ1) is 6.01. The van der Waals surface area contributed by atoms with Gasteiger partial charge in [-0.25, -0.2) is 8.42 Å². The Kier molecular flexibility index (Phi) is 3.22. The average Bonchev–Trinajstić information content (AvgIpc) is 2.03. The minimum absolute atomic E-state index is 0.698. The Balaban J connectivity index is 2.81. The first-order valence-electron chi connectivity index (χ1n) is 3.55. The highest BCUT2D eigenvalue weighted by molar-refractivity contribution is 8.71. The molecule has 0 aliphatic heterocycles. The molecule has 0 bridgehead atoms. The van der Waals surface area contributed by atoms with Gasteiger partial charge in [-0.3, -0.25) is 0 Å². The second kappa shape index (κ2) is 4.02. The van der Waals surface area contributed by atoms with Gasteiger partial charge in [0.05, 0.1) is 7.11 Å². The van der Waals surface area contributed by atoms with E-state index >= 15 is 0 Å². The lowest BCUT2D eigenvalue weighted by molar-refractivity contribution is 0.414. The highest BCUT2D eigenvalue weighted by Gasteiger charge is 2.04. The van der Waals surface area contributed by atoms with Crippen LogP contribution in [0, 0.1) is 0 Å². The van der Waals surface area contributed by atoms with Crippen LogP contribution in [0.3, 0.4) is 0 Å². The third kappa shape index (κ3) is 3.69. The largest absolute Gasteiger partial charge is 0.497 e.